The van der Waals surface area contributed by atoms with E-state index in [1.807, 2.05) is 0 Å². The summed E-state index contributed by atoms with van der Waals surface area (Å²) in [5, 5.41) is 3.34. The molecule has 0 aromatic heterocycles. The predicted octanol–water partition coefficient (Wildman–Crippen LogP) is 1.56. The van der Waals surface area contributed by atoms with Crippen molar-refractivity contribution in [1.82, 2.24) is 15.1 Å². The number of likely N-dealkylation sites (tertiary alicyclic amines) is 1. The van der Waals surface area contributed by atoms with Crippen molar-refractivity contribution in [1.29, 1.82) is 0 Å². The first kappa shape index (κ1) is 15.8. The normalized spacial score (nSPS) is 24.9. The lowest BCUT2D eigenvalue weighted by Crippen LogP contribution is -2.42. The number of rotatable bonds is 5. The van der Waals surface area contributed by atoms with Crippen molar-refractivity contribution in [2.75, 3.05) is 39.8 Å². The van der Waals surface area contributed by atoms with Gasteiger partial charge >= 0.3 is 0 Å². The van der Waals surface area contributed by atoms with Crippen molar-refractivity contribution in [3.8, 4) is 0 Å². The van der Waals surface area contributed by atoms with E-state index in [4.69, 9.17) is 0 Å². The highest BCUT2D eigenvalue weighted by Crippen LogP contribution is 2.21. The second kappa shape index (κ2) is 7.41. The summed E-state index contributed by atoms with van der Waals surface area (Å²) in [6, 6.07) is 0.615. The van der Waals surface area contributed by atoms with Crippen molar-refractivity contribution in [2.45, 2.75) is 45.6 Å². The molecule has 2 heterocycles. The van der Waals surface area contributed by atoms with Crippen LogP contribution in [0.5, 0.6) is 0 Å². The first-order valence-corrected chi connectivity index (χ1v) is 8.25. The molecule has 4 heteroatoms. The summed E-state index contributed by atoms with van der Waals surface area (Å²) in [5.74, 6) is 1.72. The van der Waals surface area contributed by atoms with Crippen LogP contribution in [0, 0.1) is 11.8 Å². The summed E-state index contributed by atoms with van der Waals surface area (Å²) in [4.78, 5) is 16.8. The molecule has 0 aromatic rings. The number of hydrogen-bond acceptors (Lipinski definition) is 3. The first-order chi connectivity index (χ1) is 9.56. The molecule has 0 radical (unpaired) electrons. The van der Waals surface area contributed by atoms with Crippen LogP contribution in [0.2, 0.25) is 0 Å². The molecule has 4 nitrogen and oxygen atoms in total. The van der Waals surface area contributed by atoms with Gasteiger partial charge in [0.1, 0.15) is 0 Å². The Balaban J connectivity index is 1.69. The summed E-state index contributed by atoms with van der Waals surface area (Å²) in [5.41, 5.74) is 0. The van der Waals surface area contributed by atoms with Crippen molar-refractivity contribution in [3.63, 3.8) is 0 Å². The van der Waals surface area contributed by atoms with Gasteiger partial charge in [0.25, 0.3) is 0 Å². The average Bonchev–Trinajstić information content (AvgIpc) is 2.92. The Hall–Kier alpha value is -0.610. The maximum absolute atomic E-state index is 12.3. The molecule has 0 aliphatic carbocycles. The minimum Gasteiger partial charge on any atom is -0.343 e. The van der Waals surface area contributed by atoms with E-state index in [2.05, 4.69) is 36.0 Å². The fraction of sp³-hybridized carbons (Fsp3) is 0.938. The van der Waals surface area contributed by atoms with Crippen LogP contribution in [0.3, 0.4) is 0 Å². The smallest absolute Gasteiger partial charge is 0.222 e. The summed E-state index contributed by atoms with van der Waals surface area (Å²) >= 11 is 0. The molecule has 1 unspecified atom stereocenters. The highest BCUT2D eigenvalue weighted by molar-refractivity contribution is 5.76. The van der Waals surface area contributed by atoms with Crippen molar-refractivity contribution in [2.24, 2.45) is 11.8 Å². The van der Waals surface area contributed by atoms with E-state index in [0.717, 1.165) is 38.5 Å². The average molecular weight is 281 g/mol. The molecule has 2 saturated heterocycles. The lowest BCUT2D eigenvalue weighted by Gasteiger charge is -2.35. The van der Waals surface area contributed by atoms with E-state index < -0.39 is 0 Å². The van der Waals surface area contributed by atoms with Crippen LogP contribution in [0.25, 0.3) is 0 Å². The van der Waals surface area contributed by atoms with Gasteiger partial charge in [-0.1, -0.05) is 0 Å². The first-order valence-electron chi connectivity index (χ1n) is 8.25. The summed E-state index contributed by atoms with van der Waals surface area (Å²) < 4.78 is 0. The van der Waals surface area contributed by atoms with Crippen LogP contribution in [-0.4, -0.2) is 61.5 Å². The van der Waals surface area contributed by atoms with Crippen molar-refractivity contribution >= 4 is 5.91 Å². The molecule has 116 valence electrons. The zero-order chi connectivity index (χ0) is 14.5. The summed E-state index contributed by atoms with van der Waals surface area (Å²) in [6.45, 7) is 9.71. The highest BCUT2D eigenvalue weighted by Gasteiger charge is 2.26. The second-order valence-corrected chi connectivity index (χ2v) is 6.92. The molecule has 1 amide bonds. The second-order valence-electron chi connectivity index (χ2n) is 6.92. The maximum atomic E-state index is 12.3. The topological polar surface area (TPSA) is 35.6 Å². The van der Waals surface area contributed by atoms with Gasteiger partial charge in [-0.05, 0) is 65.1 Å². The molecule has 2 aliphatic rings. The Bertz CT molecular complexity index is 305. The zero-order valence-electron chi connectivity index (χ0n) is 13.4. The van der Waals surface area contributed by atoms with Crippen LogP contribution in [0.15, 0.2) is 0 Å². The van der Waals surface area contributed by atoms with Crippen LogP contribution in [0.1, 0.15) is 39.5 Å². The van der Waals surface area contributed by atoms with Gasteiger partial charge < -0.3 is 15.1 Å². The molecular weight excluding hydrogens is 250 g/mol. The molecule has 0 spiro atoms. The molecule has 0 bridgehead atoms. The molecule has 0 aromatic carbocycles. The van der Waals surface area contributed by atoms with Gasteiger partial charge in [0.2, 0.25) is 5.91 Å². The molecule has 1 N–H and O–H groups in total. The van der Waals surface area contributed by atoms with E-state index in [1.54, 1.807) is 0 Å². The van der Waals surface area contributed by atoms with Gasteiger partial charge in [0, 0.05) is 32.1 Å². The lowest BCUT2D eigenvalue weighted by atomic mass is 9.95. The number of carbonyl (C=O) groups excluding carboxylic acids is 1. The van der Waals surface area contributed by atoms with Gasteiger partial charge in [-0.2, -0.15) is 0 Å². The predicted molar refractivity (Wildman–Crippen MR) is 82.7 cm³/mol. The standard InChI is InChI=1S/C16H31N3O/c1-13(2)18(3)12-14-5-8-19(9-6-14)16(20)10-15-4-7-17-11-15/h13-15,17H,4-12H2,1-3H3. The molecule has 2 rings (SSSR count). The summed E-state index contributed by atoms with van der Waals surface area (Å²) in [7, 11) is 2.20. The van der Waals surface area contributed by atoms with E-state index >= 15 is 0 Å². The third kappa shape index (κ3) is 4.45. The lowest BCUT2D eigenvalue weighted by molar-refractivity contribution is -0.133. The van der Waals surface area contributed by atoms with E-state index in [1.165, 1.54) is 25.8 Å². The van der Waals surface area contributed by atoms with Gasteiger partial charge in [0.05, 0.1) is 0 Å². The number of piperidine rings is 1. The largest absolute Gasteiger partial charge is 0.343 e. The Labute approximate surface area is 123 Å². The molecule has 1 atom stereocenters. The van der Waals surface area contributed by atoms with Gasteiger partial charge in [-0.15, -0.1) is 0 Å². The van der Waals surface area contributed by atoms with E-state index in [9.17, 15) is 4.79 Å². The van der Waals surface area contributed by atoms with Crippen LogP contribution in [0.4, 0.5) is 0 Å². The van der Waals surface area contributed by atoms with Crippen LogP contribution < -0.4 is 5.32 Å². The molecule has 2 fully saturated rings. The van der Waals surface area contributed by atoms with Crippen LogP contribution >= 0.6 is 0 Å². The number of amides is 1. The monoisotopic (exact) mass is 281 g/mol. The van der Waals surface area contributed by atoms with E-state index in [0.29, 0.717) is 17.9 Å². The fourth-order valence-electron chi connectivity index (χ4n) is 3.25. The van der Waals surface area contributed by atoms with E-state index in [-0.39, 0.29) is 0 Å². The number of nitrogens with zero attached hydrogens (tertiary/aromatic N) is 2. The summed E-state index contributed by atoms with van der Waals surface area (Å²) in [6.07, 6.45) is 4.27. The molecule has 2 aliphatic heterocycles. The Kier molecular flexibility index (Phi) is 5.85. The van der Waals surface area contributed by atoms with Crippen molar-refractivity contribution < 1.29 is 4.79 Å². The minimum absolute atomic E-state index is 0.384. The number of nitrogens with one attached hydrogen (secondary N) is 1. The van der Waals surface area contributed by atoms with Gasteiger partial charge in [0.15, 0.2) is 0 Å². The number of carbonyl (C=O) groups is 1. The Morgan fingerprint density at radius 2 is 1.95 bits per heavy atom. The zero-order valence-corrected chi connectivity index (χ0v) is 13.4. The van der Waals surface area contributed by atoms with Crippen LogP contribution in [-0.2, 0) is 4.79 Å². The quantitative estimate of drug-likeness (QED) is 0.831. The molecule has 0 saturated carbocycles. The molecule has 20 heavy (non-hydrogen) atoms. The maximum Gasteiger partial charge on any atom is 0.222 e. The third-order valence-electron chi connectivity index (χ3n) is 5.02. The Morgan fingerprint density at radius 1 is 1.25 bits per heavy atom. The third-order valence-corrected chi connectivity index (χ3v) is 5.02. The Morgan fingerprint density at radius 3 is 2.50 bits per heavy atom. The fourth-order valence-corrected chi connectivity index (χ4v) is 3.25. The minimum atomic E-state index is 0.384. The molecular formula is C16H31N3O. The SMILES string of the molecule is CC(C)N(C)CC1CCN(C(=O)CC2CCNC2)CC1. The van der Waals surface area contributed by atoms with Gasteiger partial charge in [-0.3, -0.25) is 4.79 Å². The van der Waals surface area contributed by atoms with Crippen molar-refractivity contribution in [3.05, 3.63) is 0 Å². The van der Waals surface area contributed by atoms with Gasteiger partial charge in [-0.25, -0.2) is 0 Å². The highest BCUT2D eigenvalue weighted by atomic mass is 16.2. The number of hydrogen-bond donors (Lipinski definition) is 1.